The number of fused-ring (bicyclic) bond motifs is 2. The Morgan fingerprint density at radius 3 is 2.18 bits per heavy atom. The monoisotopic (exact) mass is 853 g/mol. The summed E-state index contributed by atoms with van der Waals surface area (Å²) < 4.78 is 6.46. The molecule has 2 aromatic carbocycles. The highest BCUT2D eigenvalue weighted by molar-refractivity contribution is 5.99. The number of carbonyl (C=O) groups is 5. The van der Waals surface area contributed by atoms with Gasteiger partial charge in [-0.05, 0) is 76.0 Å². The Balaban J connectivity index is 1.41. The first-order valence-electron chi connectivity index (χ1n) is 23.3. The van der Waals surface area contributed by atoms with Crippen molar-refractivity contribution in [2.24, 2.45) is 17.6 Å². The first-order valence-corrected chi connectivity index (χ1v) is 23.3. The number of hydrogen-bond acceptors (Lipinski definition) is 8. The number of esters is 1. The smallest absolute Gasteiger partial charge is 0.306 e. The van der Waals surface area contributed by atoms with Crippen LogP contribution in [0.3, 0.4) is 0 Å². The number of likely N-dealkylation sites (tertiary alicyclic amines) is 1. The van der Waals surface area contributed by atoms with Gasteiger partial charge in [-0.3, -0.25) is 28.9 Å². The van der Waals surface area contributed by atoms with Gasteiger partial charge in [-0.25, -0.2) is 4.98 Å². The van der Waals surface area contributed by atoms with Crippen LogP contribution in [0.2, 0.25) is 0 Å². The molecule has 5 rings (SSSR count). The Bertz CT molecular complexity index is 1920. The molecule has 3 aromatic rings. The average molecular weight is 853 g/mol. The Morgan fingerprint density at radius 2 is 1.48 bits per heavy atom. The Labute approximate surface area is 369 Å². The second-order valence-electron chi connectivity index (χ2n) is 18.7. The second kappa shape index (κ2) is 24.1. The molecule has 2 fully saturated rings. The number of carbonyl (C=O) groups excluding carboxylic acids is 5. The van der Waals surface area contributed by atoms with Crippen LogP contribution in [0.15, 0.2) is 66.7 Å². The SMILES string of the molecule is CCCCCCCCCCCC(=O)O[C@H](CN1C[C@H]2CCCC[C@H]2C[C@H]1C(=O)NC(C)(C)C)[C@H](Cc1ccccc1)NC(=O)[C@H](CC(N)=O)NC(=O)c1ccc2ccccc2n1. The molecule has 0 unspecified atom stereocenters. The molecule has 0 radical (unpaired) electrons. The summed E-state index contributed by atoms with van der Waals surface area (Å²) in [6, 6.07) is 17.8. The maximum absolute atomic E-state index is 14.4. The first-order chi connectivity index (χ1) is 29.8. The van der Waals surface area contributed by atoms with E-state index in [-0.39, 0.29) is 37.0 Å². The number of nitrogens with one attached hydrogen (secondary N) is 3. The van der Waals surface area contributed by atoms with E-state index in [0.717, 1.165) is 55.9 Å². The van der Waals surface area contributed by atoms with Crippen LogP contribution in [0.5, 0.6) is 0 Å². The lowest BCUT2D eigenvalue weighted by molar-refractivity contribution is -0.154. The highest BCUT2D eigenvalue weighted by Crippen LogP contribution is 2.39. The first kappa shape index (κ1) is 48.2. The Hall–Kier alpha value is -4.84. The van der Waals surface area contributed by atoms with Crippen LogP contribution < -0.4 is 21.7 Å². The number of hydrogen-bond donors (Lipinski definition) is 4. The van der Waals surface area contributed by atoms with Crippen LogP contribution >= 0.6 is 0 Å². The van der Waals surface area contributed by atoms with Crippen LogP contribution in [-0.2, 0) is 30.3 Å². The summed E-state index contributed by atoms with van der Waals surface area (Å²) in [6.45, 7) is 9.02. The molecule has 1 aliphatic heterocycles. The van der Waals surface area contributed by atoms with Gasteiger partial charge >= 0.3 is 5.97 Å². The molecule has 0 bridgehead atoms. The summed E-state index contributed by atoms with van der Waals surface area (Å²) in [5.41, 5.74) is 6.81. The third kappa shape index (κ3) is 15.5. The van der Waals surface area contributed by atoms with Crippen LogP contribution in [0, 0.1) is 11.8 Å². The normalized spacial score (nSPS) is 19.4. The van der Waals surface area contributed by atoms with Crippen molar-refractivity contribution in [1.29, 1.82) is 0 Å². The van der Waals surface area contributed by atoms with Crippen LogP contribution in [0.4, 0.5) is 0 Å². The van der Waals surface area contributed by atoms with Gasteiger partial charge in [0.15, 0.2) is 0 Å². The zero-order valence-electron chi connectivity index (χ0n) is 37.7. The van der Waals surface area contributed by atoms with Gasteiger partial charge in [0.2, 0.25) is 17.7 Å². The molecule has 6 atom stereocenters. The standard InChI is InChI=1S/C50H72N6O6/c1-5-6-7-8-9-10-11-12-16-27-46(58)62-44(34-56-33-38-25-18-17-24-37(38)31-43(56)49(61)55-50(2,3)4)41(30-35-21-14-13-15-22-35)53-48(60)42(32-45(51)57)54-47(59)40-29-28-36-23-19-20-26-39(36)52-40/h13-15,19-23,26,28-29,37-38,41-44H,5-12,16-18,24-25,27,30-34H2,1-4H3,(H2,51,57)(H,53,60)(H,54,59)(H,55,61)/t37-,38+,41-,42-,43-,44+/m0/s1. The number of benzene rings is 2. The van der Waals surface area contributed by atoms with Crippen molar-refractivity contribution in [2.45, 2.75) is 167 Å². The van der Waals surface area contributed by atoms with Gasteiger partial charge in [0, 0.05) is 30.4 Å². The summed E-state index contributed by atoms with van der Waals surface area (Å²) in [5, 5.41) is 9.88. The molecule has 1 saturated carbocycles. The Kier molecular flexibility index (Phi) is 18.8. The maximum atomic E-state index is 14.4. The number of ether oxygens (including phenoxy) is 1. The number of amides is 4. The number of para-hydroxylation sites is 1. The van der Waals surface area contributed by atoms with Crippen molar-refractivity contribution in [1.82, 2.24) is 25.8 Å². The topological polar surface area (TPSA) is 173 Å². The number of rotatable bonds is 23. The highest BCUT2D eigenvalue weighted by Gasteiger charge is 2.43. The van der Waals surface area contributed by atoms with Gasteiger partial charge in [0.25, 0.3) is 5.91 Å². The molecule has 62 heavy (non-hydrogen) atoms. The van der Waals surface area contributed by atoms with Crippen LogP contribution in [0.25, 0.3) is 10.9 Å². The van der Waals surface area contributed by atoms with Crippen molar-refractivity contribution >= 4 is 40.5 Å². The summed E-state index contributed by atoms with van der Waals surface area (Å²) in [5.74, 6) is -1.64. The van der Waals surface area contributed by atoms with E-state index in [0.29, 0.717) is 36.7 Å². The average Bonchev–Trinajstić information content (AvgIpc) is 3.24. The third-order valence-electron chi connectivity index (χ3n) is 12.4. The molecule has 12 heteroatoms. The molecular weight excluding hydrogens is 781 g/mol. The van der Waals surface area contributed by atoms with E-state index >= 15 is 0 Å². The van der Waals surface area contributed by atoms with E-state index in [2.05, 4.69) is 32.8 Å². The van der Waals surface area contributed by atoms with E-state index < -0.39 is 53.9 Å². The number of piperidine rings is 1. The minimum absolute atomic E-state index is 0.0588. The lowest BCUT2D eigenvalue weighted by atomic mass is 9.72. The lowest BCUT2D eigenvalue weighted by Gasteiger charge is -2.47. The van der Waals surface area contributed by atoms with Gasteiger partial charge in [-0.2, -0.15) is 0 Å². The summed E-state index contributed by atoms with van der Waals surface area (Å²) in [4.78, 5) is 75.1. The zero-order chi connectivity index (χ0) is 44.5. The predicted octanol–water partition coefficient (Wildman–Crippen LogP) is 7.56. The van der Waals surface area contributed by atoms with E-state index in [1.165, 1.54) is 32.1 Å². The largest absolute Gasteiger partial charge is 0.459 e. The molecule has 0 spiro atoms. The number of pyridine rings is 1. The van der Waals surface area contributed by atoms with Crippen molar-refractivity contribution < 1.29 is 28.7 Å². The molecule has 1 saturated heterocycles. The van der Waals surface area contributed by atoms with Crippen molar-refractivity contribution in [3.05, 3.63) is 78.0 Å². The minimum atomic E-state index is -1.34. The molecule has 1 aromatic heterocycles. The van der Waals surface area contributed by atoms with Crippen molar-refractivity contribution in [2.75, 3.05) is 13.1 Å². The molecule has 4 amide bonds. The fourth-order valence-corrected chi connectivity index (χ4v) is 9.17. The second-order valence-corrected chi connectivity index (χ2v) is 18.7. The van der Waals surface area contributed by atoms with Gasteiger partial charge < -0.3 is 26.4 Å². The number of primary amides is 1. The fraction of sp³-hybridized carbons (Fsp3) is 0.600. The molecule has 12 nitrogen and oxygen atoms in total. The van der Waals surface area contributed by atoms with Crippen molar-refractivity contribution in [3.8, 4) is 0 Å². The van der Waals surface area contributed by atoms with Gasteiger partial charge in [-0.1, -0.05) is 132 Å². The third-order valence-corrected chi connectivity index (χ3v) is 12.4. The zero-order valence-corrected chi connectivity index (χ0v) is 37.7. The van der Waals surface area contributed by atoms with E-state index in [1.807, 2.05) is 69.3 Å². The lowest BCUT2D eigenvalue weighted by Crippen LogP contribution is -2.61. The number of aromatic nitrogens is 1. The van der Waals surface area contributed by atoms with E-state index in [4.69, 9.17) is 10.5 Å². The summed E-state index contributed by atoms with van der Waals surface area (Å²) in [7, 11) is 0. The molecular formula is C50H72N6O6. The van der Waals surface area contributed by atoms with Crippen molar-refractivity contribution in [3.63, 3.8) is 0 Å². The molecule has 2 heterocycles. The van der Waals surface area contributed by atoms with E-state index in [1.54, 1.807) is 18.2 Å². The Morgan fingerprint density at radius 1 is 0.823 bits per heavy atom. The number of nitrogens with zero attached hydrogens (tertiary/aromatic N) is 2. The molecule has 1 aliphatic carbocycles. The van der Waals surface area contributed by atoms with Crippen LogP contribution in [-0.4, -0.2) is 82.3 Å². The summed E-state index contributed by atoms with van der Waals surface area (Å²) in [6.07, 6.45) is 14.3. The fourth-order valence-electron chi connectivity index (χ4n) is 9.17. The van der Waals surface area contributed by atoms with E-state index in [9.17, 15) is 24.0 Å². The minimum Gasteiger partial charge on any atom is -0.459 e. The van der Waals surface area contributed by atoms with Crippen LogP contribution in [0.1, 0.15) is 146 Å². The molecule has 2 aliphatic rings. The van der Waals surface area contributed by atoms with Gasteiger partial charge in [-0.15, -0.1) is 0 Å². The number of unbranched alkanes of at least 4 members (excludes halogenated alkanes) is 8. The van der Waals surface area contributed by atoms with Gasteiger partial charge in [0.1, 0.15) is 17.8 Å². The number of nitrogens with two attached hydrogens (primary N) is 1. The summed E-state index contributed by atoms with van der Waals surface area (Å²) >= 11 is 0. The maximum Gasteiger partial charge on any atom is 0.306 e. The molecule has 338 valence electrons. The quantitative estimate of drug-likeness (QED) is 0.0559. The highest BCUT2D eigenvalue weighted by atomic mass is 16.5. The molecule has 5 N–H and O–H groups in total. The predicted molar refractivity (Wildman–Crippen MR) is 244 cm³/mol. The van der Waals surface area contributed by atoms with Gasteiger partial charge in [0.05, 0.1) is 24.0 Å².